The molecular formula is C27H26N4O3S. The summed E-state index contributed by atoms with van der Waals surface area (Å²) in [7, 11) is 0. The predicted molar refractivity (Wildman–Crippen MR) is 139 cm³/mol. The van der Waals surface area contributed by atoms with Crippen molar-refractivity contribution in [3.05, 3.63) is 79.4 Å². The van der Waals surface area contributed by atoms with E-state index in [1.54, 1.807) is 17.4 Å². The first-order valence-electron chi connectivity index (χ1n) is 11.6. The van der Waals surface area contributed by atoms with Gasteiger partial charge < -0.3 is 14.0 Å². The topological polar surface area (TPSA) is 69.5 Å². The van der Waals surface area contributed by atoms with Gasteiger partial charge in [0.2, 0.25) is 0 Å². The van der Waals surface area contributed by atoms with Crippen molar-refractivity contribution >= 4 is 43.4 Å². The fraction of sp³-hybridized carbons (Fsp3) is 0.222. The normalized spacial score (nSPS) is 11.1. The van der Waals surface area contributed by atoms with Gasteiger partial charge >= 0.3 is 0 Å². The van der Waals surface area contributed by atoms with Gasteiger partial charge in [0, 0.05) is 25.5 Å². The minimum absolute atomic E-state index is 0.0718. The molecule has 0 atom stereocenters. The highest BCUT2D eigenvalue weighted by Crippen LogP contribution is 2.34. The van der Waals surface area contributed by atoms with Crippen LogP contribution < -0.4 is 14.4 Å². The molecule has 0 saturated heterocycles. The van der Waals surface area contributed by atoms with E-state index in [9.17, 15) is 4.79 Å². The van der Waals surface area contributed by atoms with Gasteiger partial charge in [-0.1, -0.05) is 47.7 Å². The number of ether oxygens (including phenoxy) is 2. The quantitative estimate of drug-likeness (QED) is 0.259. The second-order valence-corrected chi connectivity index (χ2v) is 9.04. The molecule has 7 nitrogen and oxygen atoms in total. The number of carbonyl (C=O) groups excluding carboxylic acids is 1. The van der Waals surface area contributed by atoms with Gasteiger partial charge in [-0.15, -0.1) is 0 Å². The van der Waals surface area contributed by atoms with Crippen molar-refractivity contribution in [1.29, 1.82) is 0 Å². The van der Waals surface area contributed by atoms with E-state index in [1.807, 2.05) is 72.3 Å². The average molecular weight is 487 g/mol. The van der Waals surface area contributed by atoms with Crippen LogP contribution in [0, 0.1) is 0 Å². The highest BCUT2D eigenvalue weighted by molar-refractivity contribution is 7.22. The highest BCUT2D eigenvalue weighted by Gasteiger charge is 2.21. The predicted octanol–water partition coefficient (Wildman–Crippen LogP) is 5.55. The van der Waals surface area contributed by atoms with Gasteiger partial charge in [-0.3, -0.25) is 9.69 Å². The molecule has 2 heterocycles. The number of fused-ring (bicyclic) bond motifs is 2. The summed E-state index contributed by atoms with van der Waals surface area (Å²) in [6.45, 7) is 3.70. The molecule has 0 fully saturated rings. The monoisotopic (exact) mass is 486 g/mol. The first-order valence-corrected chi connectivity index (χ1v) is 12.4. The molecule has 5 rings (SSSR count). The summed E-state index contributed by atoms with van der Waals surface area (Å²) >= 11 is 1.48. The lowest BCUT2D eigenvalue weighted by Crippen LogP contribution is -2.36. The second kappa shape index (κ2) is 10.6. The summed E-state index contributed by atoms with van der Waals surface area (Å²) in [5, 5.41) is 2.85. The van der Waals surface area contributed by atoms with Crippen LogP contribution in [0.2, 0.25) is 0 Å². The average Bonchev–Trinajstić information content (AvgIpc) is 3.56. The Balaban J connectivity index is 1.36. The van der Waals surface area contributed by atoms with Crippen molar-refractivity contribution in [3.8, 4) is 11.5 Å². The number of hydrogen-bond donors (Lipinski definition) is 0. The van der Waals surface area contributed by atoms with Crippen molar-refractivity contribution in [2.75, 3.05) is 24.7 Å². The number of anilines is 1. The standard InChI is InChI=1S/C27H26N4O3S/c1-2-33-23-9-5-10-24-26(23)29-27(35-24)31(15-6-14-30-16-13-28-19-30)25(32)18-34-22-12-11-20-7-3-4-8-21(20)17-22/h3-5,7-13,16-17,19H,2,6,14-15,18H2,1H3. The Morgan fingerprint density at radius 2 is 1.94 bits per heavy atom. The Bertz CT molecular complexity index is 1430. The van der Waals surface area contributed by atoms with Crippen LogP contribution in [-0.2, 0) is 11.3 Å². The van der Waals surface area contributed by atoms with E-state index < -0.39 is 0 Å². The van der Waals surface area contributed by atoms with Crippen LogP contribution in [0.3, 0.4) is 0 Å². The van der Waals surface area contributed by atoms with Gasteiger partial charge in [-0.05, 0) is 48.4 Å². The van der Waals surface area contributed by atoms with Crippen molar-refractivity contribution in [2.45, 2.75) is 19.9 Å². The van der Waals surface area contributed by atoms with Crippen LogP contribution in [-0.4, -0.2) is 40.2 Å². The minimum atomic E-state index is -0.138. The number of rotatable bonds is 10. The second-order valence-electron chi connectivity index (χ2n) is 8.03. The summed E-state index contributed by atoms with van der Waals surface area (Å²) in [4.78, 5) is 24.0. The van der Waals surface area contributed by atoms with Crippen molar-refractivity contribution in [1.82, 2.24) is 14.5 Å². The molecule has 0 aliphatic heterocycles. The van der Waals surface area contributed by atoms with E-state index in [0.29, 0.717) is 24.0 Å². The molecule has 35 heavy (non-hydrogen) atoms. The molecule has 0 radical (unpaired) electrons. The van der Waals surface area contributed by atoms with Crippen molar-refractivity contribution in [3.63, 3.8) is 0 Å². The lowest BCUT2D eigenvalue weighted by atomic mass is 10.1. The third-order valence-electron chi connectivity index (χ3n) is 5.64. The third-order valence-corrected chi connectivity index (χ3v) is 6.69. The Morgan fingerprint density at radius 3 is 2.77 bits per heavy atom. The number of amides is 1. The summed E-state index contributed by atoms with van der Waals surface area (Å²) in [6.07, 6.45) is 6.21. The Kier molecular flexibility index (Phi) is 6.90. The molecule has 0 N–H and O–H groups in total. The Hall–Kier alpha value is -3.91. The smallest absolute Gasteiger partial charge is 0.266 e. The summed E-state index contributed by atoms with van der Waals surface area (Å²) < 4.78 is 14.6. The first-order chi connectivity index (χ1) is 17.2. The molecule has 1 amide bonds. The molecule has 0 saturated carbocycles. The Labute approximate surface area is 207 Å². The van der Waals surface area contributed by atoms with E-state index in [0.717, 1.165) is 39.7 Å². The molecule has 0 unspecified atom stereocenters. The van der Waals surface area contributed by atoms with Crippen molar-refractivity contribution in [2.24, 2.45) is 0 Å². The molecule has 5 aromatic rings. The largest absolute Gasteiger partial charge is 0.492 e. The van der Waals surface area contributed by atoms with E-state index in [4.69, 9.17) is 14.5 Å². The highest BCUT2D eigenvalue weighted by atomic mass is 32.1. The maximum Gasteiger partial charge on any atom is 0.266 e. The van der Waals surface area contributed by atoms with Crippen molar-refractivity contribution < 1.29 is 14.3 Å². The molecule has 0 aliphatic carbocycles. The zero-order valence-electron chi connectivity index (χ0n) is 19.5. The van der Waals surface area contributed by atoms with Crippen LogP contribution in [0.1, 0.15) is 13.3 Å². The van der Waals surface area contributed by atoms with Gasteiger partial charge in [0.1, 0.15) is 17.0 Å². The number of thiazole rings is 1. The Morgan fingerprint density at radius 1 is 1.06 bits per heavy atom. The maximum atomic E-state index is 13.4. The number of aromatic nitrogens is 3. The zero-order valence-corrected chi connectivity index (χ0v) is 20.3. The van der Waals surface area contributed by atoms with E-state index in [1.165, 1.54) is 11.3 Å². The fourth-order valence-electron chi connectivity index (χ4n) is 3.94. The molecule has 0 bridgehead atoms. The summed E-state index contributed by atoms with van der Waals surface area (Å²) in [6, 6.07) is 19.8. The lowest BCUT2D eigenvalue weighted by molar-refractivity contribution is -0.120. The maximum absolute atomic E-state index is 13.4. The van der Waals surface area contributed by atoms with E-state index >= 15 is 0 Å². The molecular weight excluding hydrogens is 460 g/mol. The fourth-order valence-corrected chi connectivity index (χ4v) is 4.96. The van der Waals surface area contributed by atoms with Gasteiger partial charge in [0.05, 0.1) is 17.6 Å². The zero-order chi connectivity index (χ0) is 24.0. The minimum Gasteiger partial charge on any atom is -0.492 e. The third kappa shape index (κ3) is 5.27. The summed E-state index contributed by atoms with van der Waals surface area (Å²) in [5.74, 6) is 1.25. The molecule has 2 aromatic heterocycles. The van der Waals surface area contributed by atoms with Crippen LogP contribution in [0.4, 0.5) is 5.13 Å². The molecule has 8 heteroatoms. The number of imidazole rings is 1. The first kappa shape index (κ1) is 22.9. The number of aryl methyl sites for hydroxylation is 1. The van der Waals surface area contributed by atoms with Crippen LogP contribution >= 0.6 is 11.3 Å². The van der Waals surface area contributed by atoms with Gasteiger partial charge in [0.25, 0.3) is 5.91 Å². The SMILES string of the molecule is CCOc1cccc2sc(N(CCCn3ccnc3)C(=O)COc3ccc4ccccc4c3)nc12. The number of benzene rings is 3. The van der Waals surface area contributed by atoms with Gasteiger partial charge in [0.15, 0.2) is 11.7 Å². The number of nitrogens with zero attached hydrogens (tertiary/aromatic N) is 4. The molecule has 3 aromatic carbocycles. The van der Waals surface area contributed by atoms with E-state index in [2.05, 4.69) is 11.1 Å². The molecule has 0 spiro atoms. The lowest BCUT2D eigenvalue weighted by Gasteiger charge is -2.20. The number of carbonyl (C=O) groups is 1. The van der Waals surface area contributed by atoms with Crippen LogP contribution in [0.15, 0.2) is 79.4 Å². The molecule has 178 valence electrons. The van der Waals surface area contributed by atoms with Crippen LogP contribution in [0.5, 0.6) is 11.5 Å². The van der Waals surface area contributed by atoms with Gasteiger partial charge in [-0.2, -0.15) is 0 Å². The van der Waals surface area contributed by atoms with E-state index in [-0.39, 0.29) is 12.5 Å². The summed E-state index contributed by atoms with van der Waals surface area (Å²) in [5.41, 5.74) is 0.775. The number of para-hydroxylation sites is 1. The molecule has 0 aliphatic rings. The van der Waals surface area contributed by atoms with Crippen LogP contribution in [0.25, 0.3) is 21.0 Å². The van der Waals surface area contributed by atoms with Gasteiger partial charge in [-0.25, -0.2) is 9.97 Å². The number of hydrogen-bond acceptors (Lipinski definition) is 6.